The highest BCUT2D eigenvalue weighted by molar-refractivity contribution is 5.96. The van der Waals surface area contributed by atoms with Gasteiger partial charge in [-0.05, 0) is 44.2 Å². The number of carbonyl (C=O) groups is 2. The Kier molecular flexibility index (Phi) is 6.57. The van der Waals surface area contributed by atoms with Crippen molar-refractivity contribution in [1.29, 1.82) is 0 Å². The first kappa shape index (κ1) is 20.1. The molecule has 1 heterocycles. The standard InChI is InChI=1S/C21H20N2O6/c1-3-26-20(24)15-10-16(21(25)27-4-2)12-17(11-15)28-13-18-22-23-19(29-18)14-8-6-5-7-9-14/h5-12H,3-4,13H2,1-2H3. The van der Waals surface area contributed by atoms with E-state index in [2.05, 4.69) is 10.2 Å². The second kappa shape index (κ2) is 9.50. The molecular formula is C21H20N2O6. The predicted molar refractivity (Wildman–Crippen MR) is 102 cm³/mol. The lowest BCUT2D eigenvalue weighted by molar-refractivity contribution is 0.0524. The molecule has 2 aromatic carbocycles. The van der Waals surface area contributed by atoms with Gasteiger partial charge in [-0.15, -0.1) is 10.2 Å². The molecule has 0 saturated carbocycles. The largest absolute Gasteiger partial charge is 0.484 e. The fraction of sp³-hybridized carbons (Fsp3) is 0.238. The molecule has 0 unspecified atom stereocenters. The van der Waals surface area contributed by atoms with Gasteiger partial charge in [0.1, 0.15) is 5.75 Å². The van der Waals surface area contributed by atoms with E-state index < -0.39 is 11.9 Å². The SMILES string of the molecule is CCOC(=O)c1cc(OCc2nnc(-c3ccccc3)o2)cc(C(=O)OCC)c1. The second-order valence-corrected chi connectivity index (χ2v) is 5.84. The van der Waals surface area contributed by atoms with Gasteiger partial charge in [0, 0.05) is 5.56 Å². The fourth-order valence-electron chi connectivity index (χ4n) is 2.50. The van der Waals surface area contributed by atoms with E-state index in [4.69, 9.17) is 18.6 Å². The molecule has 0 fully saturated rings. The number of benzene rings is 2. The van der Waals surface area contributed by atoms with Crippen molar-refractivity contribution in [2.75, 3.05) is 13.2 Å². The molecule has 3 aromatic rings. The number of hydrogen-bond donors (Lipinski definition) is 0. The molecule has 8 heteroatoms. The molecule has 0 aliphatic rings. The van der Waals surface area contributed by atoms with Crippen molar-refractivity contribution in [3.63, 3.8) is 0 Å². The summed E-state index contributed by atoms with van der Waals surface area (Å²) < 4.78 is 21.3. The zero-order chi connectivity index (χ0) is 20.6. The highest BCUT2D eigenvalue weighted by Crippen LogP contribution is 2.22. The first-order valence-electron chi connectivity index (χ1n) is 9.10. The van der Waals surface area contributed by atoms with Gasteiger partial charge in [-0.25, -0.2) is 9.59 Å². The van der Waals surface area contributed by atoms with Crippen LogP contribution in [0.3, 0.4) is 0 Å². The van der Waals surface area contributed by atoms with Crippen LogP contribution in [0.25, 0.3) is 11.5 Å². The number of hydrogen-bond acceptors (Lipinski definition) is 8. The van der Waals surface area contributed by atoms with Crippen molar-refractivity contribution < 1.29 is 28.2 Å². The van der Waals surface area contributed by atoms with Gasteiger partial charge in [-0.1, -0.05) is 18.2 Å². The number of rotatable bonds is 8. The van der Waals surface area contributed by atoms with E-state index in [-0.39, 0.29) is 42.6 Å². The average Bonchev–Trinajstić information content (AvgIpc) is 3.22. The highest BCUT2D eigenvalue weighted by Gasteiger charge is 2.16. The maximum Gasteiger partial charge on any atom is 0.338 e. The molecular weight excluding hydrogens is 376 g/mol. The number of esters is 2. The average molecular weight is 396 g/mol. The molecule has 0 N–H and O–H groups in total. The molecule has 1 aromatic heterocycles. The number of ether oxygens (including phenoxy) is 3. The van der Waals surface area contributed by atoms with E-state index in [1.165, 1.54) is 18.2 Å². The van der Waals surface area contributed by atoms with Crippen LogP contribution in [0, 0.1) is 0 Å². The Bertz CT molecular complexity index is 948. The molecule has 3 rings (SSSR count). The third-order valence-corrected chi connectivity index (χ3v) is 3.78. The molecule has 0 spiro atoms. The molecule has 150 valence electrons. The van der Waals surface area contributed by atoms with E-state index >= 15 is 0 Å². The molecule has 8 nitrogen and oxygen atoms in total. The number of aromatic nitrogens is 2. The number of nitrogens with zero attached hydrogens (tertiary/aromatic N) is 2. The quantitative estimate of drug-likeness (QED) is 0.532. The van der Waals surface area contributed by atoms with Crippen molar-refractivity contribution in [3.05, 3.63) is 65.5 Å². The Balaban J connectivity index is 1.78. The fourth-order valence-corrected chi connectivity index (χ4v) is 2.50. The van der Waals surface area contributed by atoms with Gasteiger partial charge in [-0.2, -0.15) is 0 Å². The normalized spacial score (nSPS) is 10.4. The summed E-state index contributed by atoms with van der Waals surface area (Å²) in [5, 5.41) is 7.95. The van der Waals surface area contributed by atoms with Crippen molar-refractivity contribution >= 4 is 11.9 Å². The Labute approximate surface area is 167 Å². The Morgan fingerprint density at radius 3 is 2.10 bits per heavy atom. The van der Waals surface area contributed by atoms with Crippen LogP contribution in [-0.2, 0) is 16.1 Å². The minimum atomic E-state index is -0.562. The maximum atomic E-state index is 12.1. The molecule has 0 radical (unpaired) electrons. The van der Waals surface area contributed by atoms with Crippen LogP contribution in [0.5, 0.6) is 5.75 Å². The van der Waals surface area contributed by atoms with Crippen LogP contribution in [0.15, 0.2) is 52.9 Å². The van der Waals surface area contributed by atoms with Crippen molar-refractivity contribution in [1.82, 2.24) is 10.2 Å². The summed E-state index contributed by atoms with van der Waals surface area (Å²) in [6.45, 7) is 3.79. The summed E-state index contributed by atoms with van der Waals surface area (Å²) in [5.74, 6) is -0.224. The third kappa shape index (κ3) is 5.19. The molecule has 0 aliphatic carbocycles. The third-order valence-electron chi connectivity index (χ3n) is 3.78. The first-order valence-corrected chi connectivity index (χ1v) is 9.10. The van der Waals surface area contributed by atoms with E-state index in [9.17, 15) is 9.59 Å². The lowest BCUT2D eigenvalue weighted by atomic mass is 10.1. The van der Waals surface area contributed by atoms with Gasteiger partial charge in [-0.3, -0.25) is 0 Å². The topological polar surface area (TPSA) is 101 Å². The Morgan fingerprint density at radius 1 is 0.897 bits per heavy atom. The molecule has 0 saturated heterocycles. The summed E-state index contributed by atoms with van der Waals surface area (Å²) in [5.41, 5.74) is 1.16. The molecule has 0 atom stereocenters. The minimum Gasteiger partial charge on any atom is -0.484 e. The predicted octanol–water partition coefficient (Wildman–Crippen LogP) is 3.67. The molecule has 0 bridgehead atoms. The molecule has 29 heavy (non-hydrogen) atoms. The Morgan fingerprint density at radius 2 is 1.52 bits per heavy atom. The van der Waals surface area contributed by atoms with Gasteiger partial charge >= 0.3 is 11.9 Å². The van der Waals surface area contributed by atoms with Gasteiger partial charge in [0.15, 0.2) is 6.61 Å². The van der Waals surface area contributed by atoms with Crippen molar-refractivity contribution in [2.24, 2.45) is 0 Å². The van der Waals surface area contributed by atoms with E-state index in [0.29, 0.717) is 5.89 Å². The maximum absolute atomic E-state index is 12.1. The smallest absolute Gasteiger partial charge is 0.338 e. The summed E-state index contributed by atoms with van der Waals surface area (Å²) >= 11 is 0. The summed E-state index contributed by atoms with van der Waals surface area (Å²) in [6, 6.07) is 13.7. The van der Waals surface area contributed by atoms with Crippen LogP contribution in [0.4, 0.5) is 0 Å². The monoisotopic (exact) mass is 396 g/mol. The number of carbonyl (C=O) groups excluding carboxylic acids is 2. The van der Waals surface area contributed by atoms with Crippen LogP contribution < -0.4 is 4.74 Å². The van der Waals surface area contributed by atoms with E-state index in [1.807, 2.05) is 30.3 Å². The highest BCUT2D eigenvalue weighted by atomic mass is 16.5. The van der Waals surface area contributed by atoms with Gasteiger partial charge in [0.25, 0.3) is 5.89 Å². The van der Waals surface area contributed by atoms with Crippen molar-refractivity contribution in [2.45, 2.75) is 20.5 Å². The van der Waals surface area contributed by atoms with Crippen LogP contribution in [-0.4, -0.2) is 35.3 Å². The zero-order valence-corrected chi connectivity index (χ0v) is 16.1. The van der Waals surface area contributed by atoms with Crippen molar-refractivity contribution in [3.8, 4) is 17.2 Å². The summed E-state index contributed by atoms with van der Waals surface area (Å²) in [4.78, 5) is 24.2. The zero-order valence-electron chi connectivity index (χ0n) is 16.1. The van der Waals surface area contributed by atoms with Gasteiger partial charge < -0.3 is 18.6 Å². The molecule has 0 aliphatic heterocycles. The first-order chi connectivity index (χ1) is 14.1. The van der Waals surface area contributed by atoms with Crippen LogP contribution >= 0.6 is 0 Å². The Hall–Kier alpha value is -3.68. The molecule has 0 amide bonds. The van der Waals surface area contributed by atoms with E-state index in [1.54, 1.807) is 13.8 Å². The summed E-state index contributed by atoms with van der Waals surface area (Å²) in [6.07, 6.45) is 0. The minimum absolute atomic E-state index is 0.0334. The van der Waals surface area contributed by atoms with Crippen LogP contribution in [0.1, 0.15) is 40.5 Å². The van der Waals surface area contributed by atoms with Gasteiger partial charge in [0.2, 0.25) is 5.89 Å². The van der Waals surface area contributed by atoms with Gasteiger partial charge in [0.05, 0.1) is 24.3 Å². The lowest BCUT2D eigenvalue weighted by Gasteiger charge is -2.09. The lowest BCUT2D eigenvalue weighted by Crippen LogP contribution is -2.10. The summed E-state index contributed by atoms with van der Waals surface area (Å²) in [7, 11) is 0. The van der Waals surface area contributed by atoms with E-state index in [0.717, 1.165) is 5.56 Å². The van der Waals surface area contributed by atoms with Crippen LogP contribution in [0.2, 0.25) is 0 Å². The second-order valence-electron chi connectivity index (χ2n) is 5.84.